The van der Waals surface area contributed by atoms with Crippen molar-refractivity contribution in [2.45, 2.75) is 37.2 Å². The van der Waals surface area contributed by atoms with Gasteiger partial charge in [-0.25, -0.2) is 9.59 Å². The molecular weight excluding hydrogens is 633 g/mol. The Balaban J connectivity index is 1.41. The molecule has 0 saturated heterocycles. The van der Waals surface area contributed by atoms with Crippen LogP contribution in [-0.4, -0.2) is 43.1 Å². The van der Waals surface area contributed by atoms with Crippen molar-refractivity contribution in [1.29, 1.82) is 0 Å². The Morgan fingerprint density at radius 1 is 0.694 bits per heavy atom. The summed E-state index contributed by atoms with van der Waals surface area (Å²) >= 11 is 1.77. The molecule has 0 spiro atoms. The number of rotatable bonds is 13. The molecule has 5 rings (SSSR count). The van der Waals surface area contributed by atoms with E-state index in [0.29, 0.717) is 29.4 Å². The number of methoxy groups -OCH3 is 1. The summed E-state index contributed by atoms with van der Waals surface area (Å²) in [6.07, 6.45) is -0.479. The number of ether oxygens (including phenoxy) is 3. The first-order valence-electron chi connectivity index (χ1n) is 16.2. The summed E-state index contributed by atoms with van der Waals surface area (Å²) in [4.78, 5) is 25.1. The molecule has 0 unspecified atom stereocenters. The second kappa shape index (κ2) is 16.3. The van der Waals surface area contributed by atoms with Crippen LogP contribution in [-0.2, 0) is 14.2 Å². The molecule has 252 valence electrons. The second-order valence-corrected chi connectivity index (χ2v) is 13.7. The quantitative estimate of drug-likeness (QED) is 0.0951. The number of hydrogen-bond donors (Lipinski definition) is 2. The van der Waals surface area contributed by atoms with Gasteiger partial charge in [0.1, 0.15) is 17.1 Å². The van der Waals surface area contributed by atoms with Crippen molar-refractivity contribution in [3.8, 4) is 11.5 Å². The van der Waals surface area contributed by atoms with Gasteiger partial charge in [-0.15, -0.1) is 11.8 Å². The summed E-state index contributed by atoms with van der Waals surface area (Å²) < 4.78 is 16.1. The summed E-state index contributed by atoms with van der Waals surface area (Å²) in [6.45, 7) is 5.98. The van der Waals surface area contributed by atoms with Crippen molar-refractivity contribution < 1.29 is 23.8 Å². The fourth-order valence-corrected chi connectivity index (χ4v) is 7.03. The zero-order valence-corrected chi connectivity index (χ0v) is 29.0. The van der Waals surface area contributed by atoms with Gasteiger partial charge in [0, 0.05) is 24.1 Å². The molecule has 0 fully saturated rings. The number of carbonyl (C=O) groups is 2. The molecule has 0 heterocycles. The van der Waals surface area contributed by atoms with Gasteiger partial charge >= 0.3 is 12.1 Å². The molecule has 5 aromatic carbocycles. The number of nitrogens with one attached hydrogen (secondary N) is 2. The van der Waals surface area contributed by atoms with E-state index in [2.05, 4.69) is 83.4 Å². The Hall–Kier alpha value is -5.21. The lowest BCUT2D eigenvalue weighted by molar-refractivity contribution is 0.0511. The van der Waals surface area contributed by atoms with Crippen molar-refractivity contribution in [3.63, 3.8) is 0 Å². The molecule has 1 amide bonds. The van der Waals surface area contributed by atoms with E-state index in [1.165, 1.54) is 7.11 Å². The maximum Gasteiger partial charge on any atom is 0.407 e. The lowest BCUT2D eigenvalue weighted by Crippen LogP contribution is -2.45. The second-order valence-electron chi connectivity index (χ2n) is 12.5. The first kappa shape index (κ1) is 35.1. The van der Waals surface area contributed by atoms with Crippen LogP contribution in [0.1, 0.15) is 47.8 Å². The normalized spacial score (nSPS) is 12.0. The largest absolute Gasteiger partial charge is 0.465 e. The van der Waals surface area contributed by atoms with E-state index in [9.17, 15) is 9.59 Å². The predicted octanol–water partition coefficient (Wildman–Crippen LogP) is 9.30. The van der Waals surface area contributed by atoms with Crippen LogP contribution in [0.15, 0.2) is 140 Å². The number of esters is 1. The van der Waals surface area contributed by atoms with Crippen LogP contribution >= 0.6 is 11.8 Å². The van der Waals surface area contributed by atoms with E-state index in [-0.39, 0.29) is 6.04 Å². The van der Waals surface area contributed by atoms with Gasteiger partial charge in [0.25, 0.3) is 0 Å². The van der Waals surface area contributed by atoms with Gasteiger partial charge in [-0.05, 0) is 67.8 Å². The summed E-state index contributed by atoms with van der Waals surface area (Å²) in [6, 6.07) is 45.5. The average molecular weight is 675 g/mol. The lowest BCUT2D eigenvalue weighted by Gasteiger charge is -2.37. The standard InChI is InChI=1S/C41H42N2O5S/c1-40(2,3)48-39(45)43-35(28-42-34-23-15-25-37(27-34)47-36-24-14-16-30(26-36)38(44)46-4)29-49-41(31-17-8-5-9-18-31,32-19-10-6-11-20-32)33-21-12-7-13-22-33/h5-27,35,42H,28-29H2,1-4H3,(H,43,45)/t35-/m1/s1. The molecule has 0 aromatic heterocycles. The highest BCUT2D eigenvalue weighted by atomic mass is 32.2. The van der Waals surface area contributed by atoms with E-state index < -0.39 is 22.4 Å². The van der Waals surface area contributed by atoms with Gasteiger partial charge in [0.15, 0.2) is 0 Å². The third-order valence-electron chi connectivity index (χ3n) is 7.64. The van der Waals surface area contributed by atoms with E-state index in [1.807, 2.05) is 63.2 Å². The van der Waals surface area contributed by atoms with Gasteiger partial charge in [0.05, 0.1) is 23.5 Å². The van der Waals surface area contributed by atoms with Crippen LogP contribution in [0.3, 0.4) is 0 Å². The monoisotopic (exact) mass is 674 g/mol. The predicted molar refractivity (Wildman–Crippen MR) is 198 cm³/mol. The SMILES string of the molecule is COC(=O)c1cccc(Oc2cccc(NC[C@H](CSC(c3ccccc3)(c3ccccc3)c3ccccc3)NC(=O)OC(C)(C)C)c2)c1. The van der Waals surface area contributed by atoms with Crippen LogP contribution in [0, 0.1) is 0 Å². The number of amides is 1. The Morgan fingerprint density at radius 3 is 1.76 bits per heavy atom. The highest BCUT2D eigenvalue weighted by molar-refractivity contribution is 8.00. The Bertz CT molecular complexity index is 1710. The van der Waals surface area contributed by atoms with Gasteiger partial charge in [-0.1, -0.05) is 103 Å². The topological polar surface area (TPSA) is 85.9 Å². The summed E-state index contributed by atoms with van der Waals surface area (Å²) in [5, 5.41) is 6.62. The third kappa shape index (κ3) is 9.45. The molecular formula is C41H42N2O5S. The van der Waals surface area contributed by atoms with Crippen LogP contribution in [0.25, 0.3) is 0 Å². The summed E-state index contributed by atoms with van der Waals surface area (Å²) in [7, 11) is 1.35. The fourth-order valence-electron chi connectivity index (χ4n) is 5.47. The van der Waals surface area contributed by atoms with Gasteiger partial charge in [0.2, 0.25) is 0 Å². The lowest BCUT2D eigenvalue weighted by atomic mass is 9.84. The molecule has 49 heavy (non-hydrogen) atoms. The van der Waals surface area contributed by atoms with E-state index in [0.717, 1.165) is 22.4 Å². The van der Waals surface area contributed by atoms with Crippen molar-refractivity contribution in [1.82, 2.24) is 5.32 Å². The van der Waals surface area contributed by atoms with Gasteiger partial charge < -0.3 is 24.8 Å². The molecule has 5 aromatic rings. The first-order valence-corrected chi connectivity index (χ1v) is 17.1. The van der Waals surface area contributed by atoms with Gasteiger partial charge in [-0.3, -0.25) is 0 Å². The third-order valence-corrected chi connectivity index (χ3v) is 9.35. The smallest absolute Gasteiger partial charge is 0.407 e. The maximum absolute atomic E-state index is 13.1. The molecule has 1 atom stereocenters. The molecule has 0 radical (unpaired) electrons. The fraction of sp³-hybridized carbons (Fsp3) is 0.220. The minimum Gasteiger partial charge on any atom is -0.465 e. The molecule has 8 heteroatoms. The maximum atomic E-state index is 13.1. The van der Waals surface area contributed by atoms with Crippen LogP contribution in [0.5, 0.6) is 11.5 Å². The molecule has 0 aliphatic rings. The van der Waals surface area contributed by atoms with E-state index in [1.54, 1.807) is 36.0 Å². The number of thioether (sulfide) groups is 1. The van der Waals surface area contributed by atoms with Crippen LogP contribution in [0.2, 0.25) is 0 Å². The minimum atomic E-state index is -0.645. The highest BCUT2D eigenvalue weighted by Crippen LogP contribution is 2.48. The first-order chi connectivity index (χ1) is 23.7. The van der Waals surface area contributed by atoms with Crippen molar-refractivity contribution >= 4 is 29.5 Å². The molecule has 0 bridgehead atoms. The van der Waals surface area contributed by atoms with Crippen LogP contribution in [0.4, 0.5) is 10.5 Å². The molecule has 0 aliphatic heterocycles. The number of alkyl carbamates (subject to hydrolysis) is 1. The summed E-state index contributed by atoms with van der Waals surface area (Å²) in [5.74, 6) is 1.23. The average Bonchev–Trinajstić information content (AvgIpc) is 3.11. The Labute approximate surface area is 293 Å². The number of benzene rings is 5. The molecule has 0 aliphatic carbocycles. The van der Waals surface area contributed by atoms with Crippen molar-refractivity contribution in [2.75, 3.05) is 24.7 Å². The van der Waals surface area contributed by atoms with Crippen molar-refractivity contribution in [3.05, 3.63) is 162 Å². The Morgan fingerprint density at radius 2 is 1.22 bits per heavy atom. The Kier molecular flexibility index (Phi) is 11.7. The molecule has 7 nitrogen and oxygen atoms in total. The zero-order valence-electron chi connectivity index (χ0n) is 28.2. The van der Waals surface area contributed by atoms with Crippen molar-refractivity contribution in [2.24, 2.45) is 0 Å². The van der Waals surface area contributed by atoms with E-state index in [4.69, 9.17) is 14.2 Å². The molecule has 2 N–H and O–H groups in total. The number of hydrogen-bond acceptors (Lipinski definition) is 7. The molecule has 0 saturated carbocycles. The highest BCUT2D eigenvalue weighted by Gasteiger charge is 2.38. The number of carbonyl (C=O) groups excluding carboxylic acids is 2. The number of anilines is 1. The van der Waals surface area contributed by atoms with Crippen LogP contribution < -0.4 is 15.4 Å². The minimum absolute atomic E-state index is 0.323. The van der Waals surface area contributed by atoms with Gasteiger partial charge in [-0.2, -0.15) is 0 Å². The zero-order chi connectivity index (χ0) is 34.7. The summed E-state index contributed by atoms with van der Waals surface area (Å²) in [5.41, 5.74) is 3.99. The van der Waals surface area contributed by atoms with E-state index >= 15 is 0 Å².